The first kappa shape index (κ1) is 19.7. The van der Waals surface area contributed by atoms with Gasteiger partial charge in [-0.3, -0.25) is 14.7 Å². The molecule has 0 spiro atoms. The van der Waals surface area contributed by atoms with Crippen molar-refractivity contribution < 1.29 is 23.8 Å². The van der Waals surface area contributed by atoms with Gasteiger partial charge in [-0.1, -0.05) is 42.5 Å². The number of rotatable bonds is 6. The number of aromatic amines is 1. The summed E-state index contributed by atoms with van der Waals surface area (Å²) in [6, 6.07) is 17.2. The van der Waals surface area contributed by atoms with Gasteiger partial charge in [-0.15, -0.1) is 0 Å². The van der Waals surface area contributed by atoms with Gasteiger partial charge < -0.3 is 14.2 Å². The van der Waals surface area contributed by atoms with Gasteiger partial charge in [0, 0.05) is 17.0 Å². The monoisotopic (exact) mass is 406 g/mol. The van der Waals surface area contributed by atoms with Crippen molar-refractivity contribution in [3.05, 3.63) is 60.2 Å². The lowest BCUT2D eigenvalue weighted by molar-refractivity contribution is -0.161. The van der Waals surface area contributed by atoms with E-state index in [9.17, 15) is 9.59 Å². The third-order valence-corrected chi connectivity index (χ3v) is 5.62. The Hall–Kier alpha value is -3.61. The Morgan fingerprint density at radius 2 is 1.63 bits per heavy atom. The fourth-order valence-corrected chi connectivity index (χ4v) is 4.02. The van der Waals surface area contributed by atoms with Crippen LogP contribution >= 0.6 is 0 Å². The molecule has 1 heterocycles. The van der Waals surface area contributed by atoms with Crippen LogP contribution in [0, 0.1) is 5.41 Å². The summed E-state index contributed by atoms with van der Waals surface area (Å²) in [5.41, 5.74) is 2.55. The second-order valence-corrected chi connectivity index (χ2v) is 7.17. The molecular weight excluding hydrogens is 384 g/mol. The molecule has 1 atom stereocenters. The normalized spacial score (nSPS) is 16.6. The SMILES string of the molecule is COC(=O)C1(C(=O)OC)CC1c1c(-c2cccc(OC)c2)n[nH]c1-c1ccccc1. The summed E-state index contributed by atoms with van der Waals surface area (Å²) in [6.45, 7) is 0. The van der Waals surface area contributed by atoms with E-state index >= 15 is 0 Å². The summed E-state index contributed by atoms with van der Waals surface area (Å²) in [5, 5.41) is 7.66. The van der Waals surface area contributed by atoms with Crippen LogP contribution in [0.4, 0.5) is 0 Å². The molecule has 1 N–H and O–H groups in total. The fraction of sp³-hybridized carbons (Fsp3) is 0.261. The van der Waals surface area contributed by atoms with E-state index < -0.39 is 23.3 Å². The van der Waals surface area contributed by atoms with E-state index in [0.717, 1.165) is 22.4 Å². The summed E-state index contributed by atoms with van der Waals surface area (Å²) in [5.74, 6) is -0.939. The molecule has 0 saturated heterocycles. The van der Waals surface area contributed by atoms with Crippen molar-refractivity contribution in [2.24, 2.45) is 5.41 Å². The number of H-pyrrole nitrogens is 1. The first-order valence-corrected chi connectivity index (χ1v) is 9.51. The number of hydrogen-bond donors (Lipinski definition) is 1. The average Bonchev–Trinajstić information content (AvgIpc) is 3.40. The average molecular weight is 406 g/mol. The molecular formula is C23H22N2O5. The summed E-state index contributed by atoms with van der Waals surface area (Å²) >= 11 is 0. The van der Waals surface area contributed by atoms with Crippen molar-refractivity contribution in [1.29, 1.82) is 0 Å². The number of hydrogen-bond acceptors (Lipinski definition) is 6. The minimum Gasteiger partial charge on any atom is -0.497 e. The van der Waals surface area contributed by atoms with Gasteiger partial charge in [0.2, 0.25) is 0 Å². The number of benzene rings is 2. The van der Waals surface area contributed by atoms with E-state index in [1.54, 1.807) is 7.11 Å². The predicted molar refractivity (Wildman–Crippen MR) is 110 cm³/mol. The zero-order valence-electron chi connectivity index (χ0n) is 17.0. The molecule has 1 aliphatic carbocycles. The van der Waals surface area contributed by atoms with Crippen molar-refractivity contribution in [1.82, 2.24) is 10.2 Å². The Bertz CT molecular complexity index is 1070. The molecule has 1 aliphatic rings. The number of esters is 2. The van der Waals surface area contributed by atoms with Crippen molar-refractivity contribution in [3.8, 4) is 28.3 Å². The third-order valence-electron chi connectivity index (χ3n) is 5.62. The van der Waals surface area contributed by atoms with Crippen LogP contribution in [0.5, 0.6) is 5.75 Å². The summed E-state index contributed by atoms with van der Waals surface area (Å²) in [6.07, 6.45) is 0.294. The van der Waals surface area contributed by atoms with Crippen molar-refractivity contribution in [2.75, 3.05) is 21.3 Å². The highest BCUT2D eigenvalue weighted by Crippen LogP contribution is 2.63. The van der Waals surface area contributed by atoms with Crippen molar-refractivity contribution >= 4 is 11.9 Å². The Labute approximate surface area is 174 Å². The number of carbonyl (C=O) groups excluding carboxylic acids is 2. The molecule has 1 fully saturated rings. The van der Waals surface area contributed by atoms with Crippen LogP contribution in [0.2, 0.25) is 0 Å². The van der Waals surface area contributed by atoms with Gasteiger partial charge in [-0.25, -0.2) is 0 Å². The molecule has 1 aromatic heterocycles. The van der Waals surface area contributed by atoms with E-state index in [2.05, 4.69) is 10.2 Å². The van der Waals surface area contributed by atoms with Crippen LogP contribution in [0.1, 0.15) is 17.9 Å². The summed E-state index contributed by atoms with van der Waals surface area (Å²) in [4.78, 5) is 25.2. The Morgan fingerprint density at radius 3 is 2.27 bits per heavy atom. The lowest BCUT2D eigenvalue weighted by Crippen LogP contribution is -2.30. The van der Waals surface area contributed by atoms with E-state index in [4.69, 9.17) is 14.2 Å². The maximum atomic E-state index is 12.6. The Kier molecular flexibility index (Phi) is 5.03. The van der Waals surface area contributed by atoms with Gasteiger partial charge >= 0.3 is 11.9 Å². The molecule has 0 amide bonds. The second-order valence-electron chi connectivity index (χ2n) is 7.17. The van der Waals surface area contributed by atoms with Crippen LogP contribution in [0.15, 0.2) is 54.6 Å². The number of nitrogens with zero attached hydrogens (tertiary/aromatic N) is 1. The topological polar surface area (TPSA) is 90.5 Å². The van der Waals surface area contributed by atoms with Crippen LogP contribution in [0.3, 0.4) is 0 Å². The number of methoxy groups -OCH3 is 3. The van der Waals surface area contributed by atoms with Gasteiger partial charge in [-0.05, 0) is 24.1 Å². The maximum absolute atomic E-state index is 12.6. The zero-order valence-corrected chi connectivity index (χ0v) is 17.0. The molecule has 1 saturated carbocycles. The molecule has 0 radical (unpaired) electrons. The molecule has 3 aromatic rings. The summed E-state index contributed by atoms with van der Waals surface area (Å²) < 4.78 is 15.3. The largest absolute Gasteiger partial charge is 0.497 e. The highest BCUT2D eigenvalue weighted by Gasteiger charge is 2.69. The minimum absolute atomic E-state index is 0.294. The van der Waals surface area contributed by atoms with Crippen LogP contribution in [0.25, 0.3) is 22.5 Å². The smallest absolute Gasteiger partial charge is 0.323 e. The van der Waals surface area contributed by atoms with Crippen molar-refractivity contribution in [2.45, 2.75) is 12.3 Å². The molecule has 4 rings (SSSR count). The van der Waals surface area contributed by atoms with Crippen LogP contribution < -0.4 is 4.74 Å². The Morgan fingerprint density at radius 1 is 0.967 bits per heavy atom. The molecule has 154 valence electrons. The fourth-order valence-electron chi connectivity index (χ4n) is 4.02. The van der Waals surface area contributed by atoms with Gasteiger partial charge in [-0.2, -0.15) is 5.10 Å². The number of carbonyl (C=O) groups is 2. The Balaban J connectivity index is 1.90. The molecule has 1 unspecified atom stereocenters. The highest BCUT2D eigenvalue weighted by molar-refractivity contribution is 6.06. The summed E-state index contributed by atoms with van der Waals surface area (Å²) in [7, 11) is 4.15. The molecule has 30 heavy (non-hydrogen) atoms. The zero-order chi connectivity index (χ0) is 21.3. The molecule has 2 aromatic carbocycles. The minimum atomic E-state index is -1.37. The van der Waals surface area contributed by atoms with Crippen LogP contribution in [-0.2, 0) is 19.1 Å². The second kappa shape index (κ2) is 7.67. The molecule has 7 nitrogen and oxygen atoms in total. The van der Waals surface area contributed by atoms with Gasteiger partial charge in [0.1, 0.15) is 5.75 Å². The van der Waals surface area contributed by atoms with E-state index in [1.165, 1.54) is 14.2 Å². The quantitative estimate of drug-likeness (QED) is 0.497. The number of aromatic nitrogens is 2. The highest BCUT2D eigenvalue weighted by atomic mass is 16.5. The lowest BCUT2D eigenvalue weighted by Gasteiger charge is -2.14. The first-order chi connectivity index (χ1) is 14.6. The van der Waals surface area contributed by atoms with Gasteiger partial charge in [0.15, 0.2) is 5.41 Å². The van der Waals surface area contributed by atoms with Crippen molar-refractivity contribution in [3.63, 3.8) is 0 Å². The number of ether oxygens (including phenoxy) is 3. The van der Waals surface area contributed by atoms with Gasteiger partial charge in [0.25, 0.3) is 0 Å². The van der Waals surface area contributed by atoms with Gasteiger partial charge in [0.05, 0.1) is 32.7 Å². The lowest BCUT2D eigenvalue weighted by atomic mass is 9.93. The molecule has 0 aliphatic heterocycles. The maximum Gasteiger partial charge on any atom is 0.323 e. The van der Waals surface area contributed by atoms with Crippen LogP contribution in [-0.4, -0.2) is 43.5 Å². The third kappa shape index (κ3) is 3.03. The molecule has 0 bridgehead atoms. The van der Waals surface area contributed by atoms with E-state index in [1.807, 2.05) is 54.6 Å². The molecule has 7 heteroatoms. The first-order valence-electron chi connectivity index (χ1n) is 9.51. The van der Waals surface area contributed by atoms with E-state index in [0.29, 0.717) is 17.9 Å². The predicted octanol–water partition coefficient (Wildman–Crippen LogP) is 3.57. The number of nitrogens with one attached hydrogen (secondary N) is 1. The van der Waals surface area contributed by atoms with E-state index in [-0.39, 0.29) is 0 Å². The standard InChI is InChI=1S/C23H22N2O5/c1-28-16-11-7-10-15(12-16)20-18(19(24-25-20)14-8-5-4-6-9-14)17-13-23(17,21(26)29-2)22(27)30-3/h4-12,17H,13H2,1-3H3,(H,24,25).